The van der Waals surface area contributed by atoms with Crippen molar-refractivity contribution in [3.63, 3.8) is 0 Å². The first-order valence-electron chi connectivity index (χ1n) is 12.1. The predicted molar refractivity (Wildman–Crippen MR) is 138 cm³/mol. The summed E-state index contributed by atoms with van der Waals surface area (Å²) in [5.41, 5.74) is 0.814. The standard InChI is InChI=1S/C24H31FN8O4S/c1-26-38(36,37)21-7-3-6-19(25)18(21)13-29-24(35)16-4-2-5-17(12-16)28-14-22-31-32-23(33(22)10-11-34)20-8-9-27-15-30-20/h2-7,12,20,26-28,30,34H,8-11,13-15H2,1H3,(H,29,35). The summed E-state index contributed by atoms with van der Waals surface area (Å²) in [4.78, 5) is 12.6. The van der Waals surface area contributed by atoms with Gasteiger partial charge in [0.2, 0.25) is 10.0 Å². The van der Waals surface area contributed by atoms with Gasteiger partial charge in [0.15, 0.2) is 5.82 Å². The number of nitrogens with zero attached hydrogens (tertiary/aromatic N) is 3. The number of rotatable bonds is 11. The van der Waals surface area contributed by atoms with E-state index in [2.05, 4.69) is 36.2 Å². The number of hydrogen-bond donors (Lipinski definition) is 6. The van der Waals surface area contributed by atoms with Crippen LogP contribution in [0.25, 0.3) is 0 Å². The lowest BCUT2D eigenvalue weighted by Gasteiger charge is -2.24. The molecule has 2 heterocycles. The molecule has 1 aromatic heterocycles. The molecule has 1 unspecified atom stereocenters. The van der Waals surface area contributed by atoms with Gasteiger partial charge in [-0.2, -0.15) is 0 Å². The van der Waals surface area contributed by atoms with Crippen LogP contribution in [0.4, 0.5) is 10.1 Å². The second-order valence-corrected chi connectivity index (χ2v) is 10.5. The molecule has 2 aromatic carbocycles. The van der Waals surface area contributed by atoms with Gasteiger partial charge in [-0.25, -0.2) is 17.5 Å². The zero-order valence-electron chi connectivity index (χ0n) is 20.9. The lowest BCUT2D eigenvalue weighted by Crippen LogP contribution is -2.41. The normalized spacial score (nSPS) is 15.8. The molecule has 1 fully saturated rings. The van der Waals surface area contributed by atoms with Gasteiger partial charge in [0.25, 0.3) is 5.91 Å². The minimum atomic E-state index is -3.90. The van der Waals surface area contributed by atoms with Crippen LogP contribution >= 0.6 is 0 Å². The number of amides is 1. The Morgan fingerprint density at radius 3 is 2.76 bits per heavy atom. The molecule has 0 saturated carbocycles. The molecule has 4 rings (SSSR count). The number of benzene rings is 2. The average Bonchev–Trinajstić information content (AvgIpc) is 3.34. The lowest BCUT2D eigenvalue weighted by molar-refractivity contribution is 0.0950. The van der Waals surface area contributed by atoms with Crippen LogP contribution in [0.15, 0.2) is 47.4 Å². The van der Waals surface area contributed by atoms with Gasteiger partial charge in [-0.15, -0.1) is 10.2 Å². The van der Waals surface area contributed by atoms with Crippen molar-refractivity contribution >= 4 is 21.6 Å². The Labute approximate surface area is 220 Å². The maximum atomic E-state index is 14.4. The minimum absolute atomic E-state index is 0.0362. The average molecular weight is 547 g/mol. The number of carbonyl (C=O) groups excluding carboxylic acids is 1. The van der Waals surface area contributed by atoms with Crippen molar-refractivity contribution in [2.24, 2.45) is 0 Å². The number of aliphatic hydroxyl groups is 1. The lowest BCUT2D eigenvalue weighted by atomic mass is 10.1. The monoisotopic (exact) mass is 546 g/mol. The molecule has 38 heavy (non-hydrogen) atoms. The maximum Gasteiger partial charge on any atom is 0.251 e. The number of halogens is 1. The van der Waals surface area contributed by atoms with E-state index in [1.165, 1.54) is 19.2 Å². The number of hydrogen-bond acceptors (Lipinski definition) is 9. The number of nitrogens with one attached hydrogen (secondary N) is 5. The van der Waals surface area contributed by atoms with E-state index < -0.39 is 21.7 Å². The number of sulfonamides is 1. The molecule has 0 bridgehead atoms. The molecule has 1 amide bonds. The molecule has 1 atom stereocenters. The highest BCUT2D eigenvalue weighted by molar-refractivity contribution is 7.89. The van der Waals surface area contributed by atoms with E-state index in [9.17, 15) is 22.7 Å². The molecule has 0 radical (unpaired) electrons. The molecule has 204 valence electrons. The fourth-order valence-corrected chi connectivity index (χ4v) is 5.20. The third kappa shape index (κ3) is 6.34. The van der Waals surface area contributed by atoms with Crippen LogP contribution in [-0.4, -0.2) is 61.1 Å². The van der Waals surface area contributed by atoms with E-state index in [-0.39, 0.29) is 29.7 Å². The second kappa shape index (κ2) is 12.4. The van der Waals surface area contributed by atoms with Gasteiger partial charge in [-0.05, 0) is 50.3 Å². The quantitative estimate of drug-likeness (QED) is 0.200. The van der Waals surface area contributed by atoms with Crippen molar-refractivity contribution in [3.05, 3.63) is 71.1 Å². The van der Waals surface area contributed by atoms with Crippen LogP contribution in [0, 0.1) is 5.82 Å². The molecule has 0 aliphatic carbocycles. The summed E-state index contributed by atoms with van der Waals surface area (Å²) in [5, 5.41) is 30.6. The van der Waals surface area contributed by atoms with Gasteiger partial charge in [-0.1, -0.05) is 12.1 Å². The van der Waals surface area contributed by atoms with Crippen LogP contribution in [-0.2, 0) is 29.7 Å². The number of aromatic nitrogens is 3. The molecule has 1 aliphatic heterocycles. The van der Waals surface area contributed by atoms with Crippen LogP contribution in [0.3, 0.4) is 0 Å². The topological polar surface area (TPSA) is 162 Å². The largest absolute Gasteiger partial charge is 0.395 e. The van der Waals surface area contributed by atoms with Crippen LogP contribution in [0.1, 0.15) is 40.0 Å². The summed E-state index contributed by atoms with van der Waals surface area (Å²) in [6.07, 6.45) is 0.851. The zero-order chi connectivity index (χ0) is 27.1. The highest BCUT2D eigenvalue weighted by atomic mass is 32.2. The molecular formula is C24H31FN8O4S. The van der Waals surface area contributed by atoms with Crippen molar-refractivity contribution in [2.75, 3.05) is 32.2 Å². The second-order valence-electron chi connectivity index (χ2n) is 8.61. The first kappa shape index (κ1) is 27.6. The molecule has 6 N–H and O–H groups in total. The molecule has 12 nitrogen and oxygen atoms in total. The van der Waals surface area contributed by atoms with E-state index >= 15 is 0 Å². The van der Waals surface area contributed by atoms with E-state index in [0.717, 1.165) is 24.9 Å². The van der Waals surface area contributed by atoms with Crippen molar-refractivity contribution in [1.82, 2.24) is 35.4 Å². The van der Waals surface area contributed by atoms with Gasteiger partial charge in [0.1, 0.15) is 11.6 Å². The van der Waals surface area contributed by atoms with Gasteiger partial charge in [-0.3, -0.25) is 10.1 Å². The fourth-order valence-electron chi connectivity index (χ4n) is 4.23. The summed E-state index contributed by atoms with van der Waals surface area (Å²) in [6.45, 7) is 1.83. The summed E-state index contributed by atoms with van der Waals surface area (Å²) in [5.74, 6) is 0.177. The predicted octanol–water partition coefficient (Wildman–Crippen LogP) is 0.441. The first-order chi connectivity index (χ1) is 18.3. The van der Waals surface area contributed by atoms with E-state index in [1.807, 2.05) is 4.57 Å². The number of carbonyl (C=O) groups is 1. The number of aliphatic hydroxyl groups excluding tert-OH is 1. The summed E-state index contributed by atoms with van der Waals surface area (Å²) >= 11 is 0. The summed E-state index contributed by atoms with van der Waals surface area (Å²) in [6, 6.07) is 10.5. The Morgan fingerprint density at radius 2 is 2.03 bits per heavy atom. The van der Waals surface area contributed by atoms with E-state index in [0.29, 0.717) is 36.8 Å². The first-order valence-corrected chi connectivity index (χ1v) is 13.6. The third-order valence-corrected chi connectivity index (χ3v) is 7.71. The minimum Gasteiger partial charge on any atom is -0.395 e. The molecule has 14 heteroatoms. The summed E-state index contributed by atoms with van der Waals surface area (Å²) < 4.78 is 43.0. The SMILES string of the molecule is CNS(=O)(=O)c1cccc(F)c1CNC(=O)c1cccc(NCc2nnc(C3CCNCN3)n2CCO)c1. The van der Waals surface area contributed by atoms with Crippen molar-refractivity contribution in [2.45, 2.75) is 37.0 Å². The van der Waals surface area contributed by atoms with Crippen LogP contribution in [0.2, 0.25) is 0 Å². The Bertz CT molecular complexity index is 1380. The Morgan fingerprint density at radius 1 is 1.21 bits per heavy atom. The van der Waals surface area contributed by atoms with Crippen molar-refractivity contribution < 1.29 is 22.7 Å². The fraction of sp³-hybridized carbons (Fsp3) is 0.375. The van der Waals surface area contributed by atoms with Gasteiger partial charge in [0, 0.05) is 36.6 Å². The van der Waals surface area contributed by atoms with Gasteiger partial charge >= 0.3 is 0 Å². The Hall–Kier alpha value is -3.43. The Balaban J connectivity index is 1.43. The molecule has 3 aromatic rings. The molecular weight excluding hydrogens is 515 g/mol. The highest BCUT2D eigenvalue weighted by Gasteiger charge is 2.23. The van der Waals surface area contributed by atoms with Gasteiger partial charge in [0.05, 0.1) is 24.1 Å². The van der Waals surface area contributed by atoms with Crippen LogP contribution < -0.4 is 26.0 Å². The molecule has 1 aliphatic rings. The zero-order valence-corrected chi connectivity index (χ0v) is 21.7. The number of anilines is 1. The Kier molecular flexibility index (Phi) is 9.01. The maximum absolute atomic E-state index is 14.4. The third-order valence-electron chi connectivity index (χ3n) is 6.21. The van der Waals surface area contributed by atoms with E-state index in [1.54, 1.807) is 24.3 Å². The van der Waals surface area contributed by atoms with E-state index in [4.69, 9.17) is 0 Å². The summed E-state index contributed by atoms with van der Waals surface area (Å²) in [7, 11) is -2.67. The smallest absolute Gasteiger partial charge is 0.251 e. The highest BCUT2D eigenvalue weighted by Crippen LogP contribution is 2.20. The van der Waals surface area contributed by atoms with Gasteiger partial charge < -0.3 is 25.6 Å². The van der Waals surface area contributed by atoms with Crippen molar-refractivity contribution in [3.8, 4) is 0 Å². The van der Waals surface area contributed by atoms with Crippen LogP contribution in [0.5, 0.6) is 0 Å². The molecule has 1 saturated heterocycles. The molecule has 0 spiro atoms. The van der Waals surface area contributed by atoms with Crippen molar-refractivity contribution in [1.29, 1.82) is 0 Å².